The number of nitrogens with zero attached hydrogens (tertiary/aromatic N) is 4. The van der Waals surface area contributed by atoms with Crippen molar-refractivity contribution in [3.8, 4) is 11.4 Å². The molecule has 0 unspecified atom stereocenters. The van der Waals surface area contributed by atoms with Crippen LogP contribution in [0.5, 0.6) is 0 Å². The van der Waals surface area contributed by atoms with E-state index in [1.807, 2.05) is 41.1 Å². The van der Waals surface area contributed by atoms with Gasteiger partial charge in [-0.2, -0.15) is 0 Å². The predicted octanol–water partition coefficient (Wildman–Crippen LogP) is 4.36. The summed E-state index contributed by atoms with van der Waals surface area (Å²) in [4.78, 5) is 29.6. The molecule has 0 spiro atoms. The Morgan fingerprint density at radius 1 is 1.23 bits per heavy atom. The lowest BCUT2D eigenvalue weighted by molar-refractivity contribution is 0.0996. The van der Waals surface area contributed by atoms with Crippen LogP contribution < -0.4 is 5.32 Å². The molecule has 0 amide bonds. The number of likely N-dealkylation sites (tertiary alicyclic amines) is 1. The first-order valence-corrected chi connectivity index (χ1v) is 11.6. The van der Waals surface area contributed by atoms with Gasteiger partial charge in [0.25, 0.3) is 0 Å². The van der Waals surface area contributed by atoms with E-state index in [9.17, 15) is 4.79 Å². The largest absolute Gasteiger partial charge is 0.365 e. The van der Waals surface area contributed by atoms with Crippen LogP contribution in [0.1, 0.15) is 21.8 Å². The second-order valence-electron chi connectivity index (χ2n) is 7.54. The third-order valence-electron chi connectivity index (χ3n) is 5.25. The smallest absolute Gasteiger partial charge is 0.178 e. The van der Waals surface area contributed by atoms with Gasteiger partial charge in [-0.15, -0.1) is 22.7 Å². The molecule has 1 N–H and O–H groups in total. The van der Waals surface area contributed by atoms with Crippen LogP contribution in [-0.2, 0) is 6.42 Å². The van der Waals surface area contributed by atoms with Crippen molar-refractivity contribution in [2.24, 2.45) is 0 Å². The lowest BCUT2D eigenvalue weighted by atomic mass is 10.1. The quantitative estimate of drug-likeness (QED) is 0.454. The van der Waals surface area contributed by atoms with Crippen LogP contribution in [-0.4, -0.2) is 51.8 Å². The standard InChI is InChI=1S/C22H21N5OS2/c1-27-8-5-15(13-27)24-22-20-17(6-10-30-20)25-21(26-22)14-4-7-23-16(11-14)12-18(28)19-3-2-9-29-19/h2-4,6-7,9-11,15H,5,8,12-13H2,1H3,(H,24,25,26)/t15-/m1/s1. The number of rotatable bonds is 6. The summed E-state index contributed by atoms with van der Waals surface area (Å²) in [5.41, 5.74) is 2.54. The molecule has 4 aromatic heterocycles. The summed E-state index contributed by atoms with van der Waals surface area (Å²) in [7, 11) is 2.14. The summed E-state index contributed by atoms with van der Waals surface area (Å²) in [6, 6.07) is 9.98. The third kappa shape index (κ3) is 3.98. The molecule has 5 rings (SSSR count). The number of fused-ring (bicyclic) bond motifs is 1. The van der Waals surface area contributed by atoms with Gasteiger partial charge in [0, 0.05) is 30.0 Å². The highest BCUT2D eigenvalue weighted by molar-refractivity contribution is 7.17. The Hall–Kier alpha value is -2.68. The van der Waals surface area contributed by atoms with Crippen LogP contribution in [0.3, 0.4) is 0 Å². The van der Waals surface area contributed by atoms with Gasteiger partial charge < -0.3 is 10.2 Å². The van der Waals surface area contributed by atoms with Crippen molar-refractivity contribution < 1.29 is 4.79 Å². The van der Waals surface area contributed by atoms with Gasteiger partial charge in [0.1, 0.15) is 5.82 Å². The highest BCUT2D eigenvalue weighted by Gasteiger charge is 2.21. The van der Waals surface area contributed by atoms with E-state index in [1.54, 1.807) is 17.5 Å². The average molecular weight is 436 g/mol. The molecule has 0 aliphatic carbocycles. The number of ketones is 1. The summed E-state index contributed by atoms with van der Waals surface area (Å²) >= 11 is 3.11. The van der Waals surface area contributed by atoms with Crippen LogP contribution in [0.15, 0.2) is 47.3 Å². The van der Waals surface area contributed by atoms with Gasteiger partial charge in [-0.1, -0.05) is 6.07 Å². The van der Waals surface area contributed by atoms with Gasteiger partial charge in [0.05, 0.1) is 21.5 Å². The molecule has 0 radical (unpaired) electrons. The van der Waals surface area contributed by atoms with E-state index in [4.69, 9.17) is 9.97 Å². The molecular weight excluding hydrogens is 414 g/mol. The third-order valence-corrected chi connectivity index (χ3v) is 7.07. The second kappa shape index (κ2) is 8.22. The van der Waals surface area contributed by atoms with E-state index in [0.29, 0.717) is 11.9 Å². The van der Waals surface area contributed by atoms with Crippen LogP contribution in [0.25, 0.3) is 21.6 Å². The Bertz CT molecular complexity index is 1190. The average Bonchev–Trinajstić information content (AvgIpc) is 3.50. The number of nitrogens with one attached hydrogen (secondary N) is 1. The molecular formula is C22H21N5OS2. The lowest BCUT2D eigenvalue weighted by Crippen LogP contribution is -2.24. The van der Waals surface area contributed by atoms with Crippen LogP contribution in [0.2, 0.25) is 0 Å². The fraction of sp³-hybridized carbons (Fsp3) is 0.273. The number of likely N-dealkylation sites (N-methyl/N-ethyl adjacent to an activating group) is 1. The van der Waals surface area contributed by atoms with Crippen molar-refractivity contribution >= 4 is 44.5 Å². The van der Waals surface area contributed by atoms with Crippen molar-refractivity contribution in [1.82, 2.24) is 19.9 Å². The lowest BCUT2D eigenvalue weighted by Gasteiger charge is -2.15. The number of Topliss-reactive ketones (excluding diaryl/α,β-unsaturated/α-hetero) is 1. The summed E-state index contributed by atoms with van der Waals surface area (Å²) in [5.74, 6) is 1.62. The number of carbonyl (C=O) groups is 1. The maximum atomic E-state index is 12.5. The predicted molar refractivity (Wildman–Crippen MR) is 123 cm³/mol. The maximum Gasteiger partial charge on any atom is 0.178 e. The first-order valence-electron chi connectivity index (χ1n) is 9.88. The van der Waals surface area contributed by atoms with E-state index in [-0.39, 0.29) is 12.2 Å². The number of aromatic nitrogens is 3. The first-order chi connectivity index (χ1) is 14.7. The monoisotopic (exact) mass is 435 g/mol. The van der Waals surface area contributed by atoms with E-state index in [2.05, 4.69) is 22.2 Å². The van der Waals surface area contributed by atoms with Crippen LogP contribution >= 0.6 is 22.7 Å². The van der Waals surface area contributed by atoms with Crippen molar-refractivity contribution in [2.75, 3.05) is 25.5 Å². The van der Waals surface area contributed by atoms with Gasteiger partial charge in [-0.3, -0.25) is 9.78 Å². The molecule has 0 bridgehead atoms. The fourth-order valence-electron chi connectivity index (χ4n) is 3.74. The van der Waals surface area contributed by atoms with Crippen LogP contribution in [0, 0.1) is 0 Å². The molecule has 1 atom stereocenters. The number of carbonyl (C=O) groups excluding carboxylic acids is 1. The normalized spacial score (nSPS) is 16.9. The topological polar surface area (TPSA) is 71.0 Å². The Balaban J connectivity index is 1.45. The van der Waals surface area contributed by atoms with E-state index in [1.165, 1.54) is 11.3 Å². The van der Waals surface area contributed by atoms with Crippen molar-refractivity contribution in [3.05, 3.63) is 57.9 Å². The molecule has 1 aliphatic heterocycles. The molecule has 5 heterocycles. The molecule has 152 valence electrons. The van der Waals surface area contributed by atoms with E-state index in [0.717, 1.165) is 51.7 Å². The number of anilines is 1. The molecule has 1 aliphatic rings. The zero-order chi connectivity index (χ0) is 20.5. The Morgan fingerprint density at radius 2 is 2.17 bits per heavy atom. The SMILES string of the molecule is CN1CC[C@@H](Nc2nc(-c3ccnc(CC(=O)c4cccs4)c3)nc3ccsc23)C1. The number of pyridine rings is 1. The van der Waals surface area contributed by atoms with Crippen molar-refractivity contribution in [1.29, 1.82) is 0 Å². The summed E-state index contributed by atoms with van der Waals surface area (Å²) in [6.07, 6.45) is 3.11. The second-order valence-corrected chi connectivity index (χ2v) is 9.40. The number of hydrogen-bond donors (Lipinski definition) is 1. The number of thiophene rings is 2. The first kappa shape index (κ1) is 19.3. The molecule has 1 saturated heterocycles. The molecule has 0 saturated carbocycles. The fourth-order valence-corrected chi connectivity index (χ4v) is 5.19. The Kier molecular flexibility index (Phi) is 5.28. The van der Waals surface area contributed by atoms with E-state index < -0.39 is 0 Å². The molecule has 30 heavy (non-hydrogen) atoms. The number of hydrogen-bond acceptors (Lipinski definition) is 8. The summed E-state index contributed by atoms with van der Waals surface area (Å²) in [5, 5.41) is 7.59. The van der Waals surface area contributed by atoms with Gasteiger partial charge in [0.15, 0.2) is 11.6 Å². The molecule has 8 heteroatoms. The maximum absolute atomic E-state index is 12.5. The van der Waals surface area contributed by atoms with Crippen molar-refractivity contribution in [2.45, 2.75) is 18.9 Å². The molecule has 6 nitrogen and oxygen atoms in total. The zero-order valence-electron chi connectivity index (χ0n) is 16.5. The highest BCUT2D eigenvalue weighted by atomic mass is 32.1. The zero-order valence-corrected chi connectivity index (χ0v) is 18.2. The van der Waals surface area contributed by atoms with Gasteiger partial charge in [0.2, 0.25) is 0 Å². The van der Waals surface area contributed by atoms with E-state index >= 15 is 0 Å². The highest BCUT2D eigenvalue weighted by Crippen LogP contribution is 2.30. The van der Waals surface area contributed by atoms with Gasteiger partial charge >= 0.3 is 0 Å². The van der Waals surface area contributed by atoms with Crippen molar-refractivity contribution in [3.63, 3.8) is 0 Å². The Labute approximate surface area is 182 Å². The van der Waals surface area contributed by atoms with Gasteiger partial charge in [-0.25, -0.2) is 9.97 Å². The summed E-state index contributed by atoms with van der Waals surface area (Å²) in [6.45, 7) is 2.10. The van der Waals surface area contributed by atoms with Crippen LogP contribution in [0.4, 0.5) is 5.82 Å². The molecule has 0 aromatic carbocycles. The Morgan fingerprint density at radius 3 is 2.97 bits per heavy atom. The minimum atomic E-state index is 0.0802. The molecule has 4 aromatic rings. The summed E-state index contributed by atoms with van der Waals surface area (Å²) < 4.78 is 1.08. The minimum Gasteiger partial charge on any atom is -0.365 e. The van der Waals surface area contributed by atoms with Gasteiger partial charge in [-0.05, 0) is 55.0 Å². The molecule has 1 fully saturated rings. The minimum absolute atomic E-state index is 0.0802.